The van der Waals surface area contributed by atoms with Crippen molar-refractivity contribution in [3.63, 3.8) is 0 Å². The highest BCUT2D eigenvalue weighted by molar-refractivity contribution is 8.00. The fourth-order valence-corrected chi connectivity index (χ4v) is 6.24. The first kappa shape index (κ1) is 32.0. The first-order chi connectivity index (χ1) is 21.3. The SMILES string of the molecule is COc1ccc(-c2ccc(Cn3c(CC(C)(C)C(=O)O)c(SC(C)(C)C)c4cc(OCc5ncccc5F)ccc43)cc2)cn1. The van der Waals surface area contributed by atoms with Crippen molar-refractivity contribution in [2.24, 2.45) is 5.41 Å². The average molecular weight is 628 g/mol. The van der Waals surface area contributed by atoms with Crippen LogP contribution in [-0.2, 0) is 24.4 Å². The predicted octanol–water partition coefficient (Wildman–Crippen LogP) is 8.42. The molecule has 0 saturated heterocycles. The second-order valence-corrected chi connectivity index (χ2v) is 14.5. The van der Waals surface area contributed by atoms with Crippen molar-refractivity contribution >= 4 is 28.6 Å². The van der Waals surface area contributed by atoms with Gasteiger partial charge in [-0.3, -0.25) is 9.78 Å². The molecule has 0 amide bonds. The molecule has 0 aliphatic heterocycles. The van der Waals surface area contributed by atoms with Gasteiger partial charge in [-0.15, -0.1) is 11.8 Å². The molecular formula is C36H38FN3O4S. The number of hydrogen-bond donors (Lipinski definition) is 1. The minimum absolute atomic E-state index is 0.00436. The van der Waals surface area contributed by atoms with Crippen LogP contribution in [-0.4, -0.2) is 37.5 Å². The zero-order valence-corrected chi connectivity index (χ0v) is 27.2. The van der Waals surface area contributed by atoms with Crippen molar-refractivity contribution in [3.05, 3.63) is 102 Å². The summed E-state index contributed by atoms with van der Waals surface area (Å²) < 4.78 is 27.5. The zero-order chi connectivity index (χ0) is 32.4. The molecule has 0 saturated carbocycles. The molecule has 45 heavy (non-hydrogen) atoms. The molecule has 7 nitrogen and oxygen atoms in total. The van der Waals surface area contributed by atoms with Crippen LogP contribution >= 0.6 is 11.8 Å². The van der Waals surface area contributed by atoms with Crippen LogP contribution in [0.4, 0.5) is 4.39 Å². The third kappa shape index (κ3) is 7.48. The van der Waals surface area contributed by atoms with Gasteiger partial charge >= 0.3 is 5.97 Å². The number of carboxylic acid groups (broad SMARTS) is 1. The first-order valence-corrected chi connectivity index (χ1v) is 15.6. The molecule has 3 heterocycles. The van der Waals surface area contributed by atoms with Gasteiger partial charge in [-0.25, -0.2) is 9.37 Å². The van der Waals surface area contributed by atoms with Crippen LogP contribution < -0.4 is 9.47 Å². The molecule has 0 aliphatic rings. The second kappa shape index (κ2) is 12.9. The number of carboxylic acids is 1. The summed E-state index contributed by atoms with van der Waals surface area (Å²) in [6.45, 7) is 10.5. The monoisotopic (exact) mass is 627 g/mol. The maximum atomic E-state index is 14.2. The number of hydrogen-bond acceptors (Lipinski definition) is 6. The van der Waals surface area contributed by atoms with Crippen molar-refractivity contribution in [1.82, 2.24) is 14.5 Å². The summed E-state index contributed by atoms with van der Waals surface area (Å²) >= 11 is 1.71. The molecule has 5 rings (SSSR count). The van der Waals surface area contributed by atoms with Crippen molar-refractivity contribution < 1.29 is 23.8 Å². The number of fused-ring (bicyclic) bond motifs is 1. The Balaban J connectivity index is 1.57. The minimum atomic E-state index is -1.000. The summed E-state index contributed by atoms with van der Waals surface area (Å²) in [4.78, 5) is 21.8. The van der Waals surface area contributed by atoms with E-state index in [0.717, 1.165) is 38.2 Å². The highest BCUT2D eigenvalue weighted by Gasteiger charge is 2.33. The summed E-state index contributed by atoms with van der Waals surface area (Å²) in [6.07, 6.45) is 3.66. The van der Waals surface area contributed by atoms with Gasteiger partial charge in [0.2, 0.25) is 5.88 Å². The van der Waals surface area contributed by atoms with Gasteiger partial charge in [-0.05, 0) is 61.4 Å². The molecule has 0 unspecified atom stereocenters. The van der Waals surface area contributed by atoms with Gasteiger partial charge in [0.1, 0.15) is 23.9 Å². The number of halogens is 1. The minimum Gasteiger partial charge on any atom is -0.487 e. The molecule has 0 radical (unpaired) electrons. The zero-order valence-electron chi connectivity index (χ0n) is 26.4. The molecular weight excluding hydrogens is 589 g/mol. The van der Waals surface area contributed by atoms with Crippen LogP contribution in [0, 0.1) is 11.2 Å². The Morgan fingerprint density at radius 2 is 1.71 bits per heavy atom. The van der Waals surface area contributed by atoms with Crippen LogP contribution in [0.2, 0.25) is 0 Å². The van der Waals surface area contributed by atoms with E-state index >= 15 is 0 Å². The smallest absolute Gasteiger partial charge is 0.309 e. The van der Waals surface area contributed by atoms with E-state index in [9.17, 15) is 14.3 Å². The van der Waals surface area contributed by atoms with Gasteiger partial charge in [0.15, 0.2) is 0 Å². The number of benzene rings is 2. The lowest BCUT2D eigenvalue weighted by molar-refractivity contribution is -0.146. The molecule has 9 heteroatoms. The van der Waals surface area contributed by atoms with Crippen molar-refractivity contribution in [2.45, 2.75) is 63.8 Å². The van der Waals surface area contributed by atoms with E-state index in [4.69, 9.17) is 9.47 Å². The number of pyridine rings is 2. The van der Waals surface area contributed by atoms with E-state index in [2.05, 4.69) is 59.6 Å². The largest absolute Gasteiger partial charge is 0.487 e. The van der Waals surface area contributed by atoms with Gasteiger partial charge in [-0.1, -0.05) is 45.0 Å². The Kier molecular flexibility index (Phi) is 9.20. The Morgan fingerprint density at radius 1 is 0.978 bits per heavy atom. The van der Waals surface area contributed by atoms with Crippen molar-refractivity contribution in [2.75, 3.05) is 7.11 Å². The number of rotatable bonds is 11. The number of methoxy groups -OCH3 is 1. The van der Waals surface area contributed by atoms with Gasteiger partial charge in [0, 0.05) is 63.2 Å². The molecule has 2 aromatic carbocycles. The third-order valence-corrected chi connectivity index (χ3v) is 8.74. The molecule has 0 atom stereocenters. The van der Waals surface area contributed by atoms with Crippen molar-refractivity contribution in [3.8, 4) is 22.8 Å². The molecule has 0 spiro atoms. The van der Waals surface area contributed by atoms with E-state index in [1.54, 1.807) is 51.2 Å². The lowest BCUT2D eigenvalue weighted by atomic mass is 9.88. The second-order valence-electron chi connectivity index (χ2n) is 12.6. The Bertz CT molecular complexity index is 1810. The number of aromatic nitrogens is 3. The third-order valence-electron chi connectivity index (χ3n) is 7.47. The summed E-state index contributed by atoms with van der Waals surface area (Å²) in [6, 6.07) is 20.9. The highest BCUT2D eigenvalue weighted by atomic mass is 32.2. The van der Waals surface area contributed by atoms with E-state index in [1.165, 1.54) is 6.07 Å². The van der Waals surface area contributed by atoms with E-state index < -0.39 is 17.2 Å². The maximum absolute atomic E-state index is 14.2. The molecule has 3 aromatic heterocycles. The van der Waals surface area contributed by atoms with Crippen LogP contribution in [0.25, 0.3) is 22.0 Å². The predicted molar refractivity (Wildman–Crippen MR) is 177 cm³/mol. The van der Waals surface area contributed by atoms with E-state index in [-0.39, 0.29) is 17.0 Å². The van der Waals surface area contributed by atoms with Gasteiger partial charge in [-0.2, -0.15) is 0 Å². The van der Waals surface area contributed by atoms with Crippen LogP contribution in [0.15, 0.2) is 84.0 Å². The average Bonchev–Trinajstić information content (AvgIpc) is 3.26. The number of ether oxygens (including phenoxy) is 2. The van der Waals surface area contributed by atoms with Crippen LogP contribution in [0.3, 0.4) is 0 Å². The molecule has 1 N–H and O–H groups in total. The topological polar surface area (TPSA) is 86.5 Å². The van der Waals surface area contributed by atoms with Gasteiger partial charge < -0.3 is 19.1 Å². The summed E-state index contributed by atoms with van der Waals surface area (Å²) in [5.41, 5.74) is 4.25. The lowest BCUT2D eigenvalue weighted by Crippen LogP contribution is -2.28. The standard InChI is InChI=1S/C36H38FN3O4S/c1-35(2,3)45-33-27-18-26(44-22-29-28(37)8-7-17-38-29)14-15-30(27)40(31(33)19-36(4,5)34(41)42)21-23-9-11-24(12-10-23)25-13-16-32(43-6)39-20-25/h7-18,20H,19,21-22H2,1-6H3,(H,41,42). The van der Waals surface area contributed by atoms with E-state index in [1.807, 2.05) is 30.3 Å². The van der Waals surface area contributed by atoms with Gasteiger partial charge in [0.05, 0.1) is 12.5 Å². The van der Waals surface area contributed by atoms with Gasteiger partial charge in [0.25, 0.3) is 0 Å². The van der Waals surface area contributed by atoms with Crippen LogP contribution in [0.1, 0.15) is 51.6 Å². The van der Waals surface area contributed by atoms with E-state index in [0.29, 0.717) is 24.6 Å². The summed E-state index contributed by atoms with van der Waals surface area (Å²) in [7, 11) is 1.59. The Hall–Kier alpha value is -4.37. The summed E-state index contributed by atoms with van der Waals surface area (Å²) in [5, 5.41) is 11.1. The fourth-order valence-electron chi connectivity index (χ4n) is 5.05. The van der Waals surface area contributed by atoms with Crippen LogP contribution in [0.5, 0.6) is 11.6 Å². The molecule has 0 aliphatic carbocycles. The Morgan fingerprint density at radius 3 is 2.33 bits per heavy atom. The first-order valence-electron chi connectivity index (χ1n) is 14.7. The molecule has 0 fully saturated rings. The molecule has 0 bridgehead atoms. The number of carbonyl (C=O) groups is 1. The molecule has 5 aromatic rings. The summed E-state index contributed by atoms with van der Waals surface area (Å²) in [5.74, 6) is -0.124. The lowest BCUT2D eigenvalue weighted by Gasteiger charge is -2.24. The fraction of sp³-hybridized carbons (Fsp3) is 0.306. The molecule has 234 valence electrons. The highest BCUT2D eigenvalue weighted by Crippen LogP contribution is 2.44. The van der Waals surface area contributed by atoms with Crippen molar-refractivity contribution in [1.29, 1.82) is 0 Å². The number of thioether (sulfide) groups is 1. The Labute approximate surface area is 267 Å². The number of aliphatic carboxylic acids is 1. The number of nitrogens with zero attached hydrogens (tertiary/aromatic N) is 3. The maximum Gasteiger partial charge on any atom is 0.309 e. The normalized spacial score (nSPS) is 12.0. The quantitative estimate of drug-likeness (QED) is 0.147.